The van der Waals surface area contributed by atoms with Crippen LogP contribution in [0.5, 0.6) is 0 Å². The first kappa shape index (κ1) is 13.5. The van der Waals surface area contributed by atoms with E-state index in [1.165, 1.54) is 0 Å². The number of carbonyl (C=O) groups excluding carboxylic acids is 1. The van der Waals surface area contributed by atoms with Crippen molar-refractivity contribution in [1.29, 1.82) is 0 Å². The lowest BCUT2D eigenvalue weighted by Crippen LogP contribution is -2.52. The predicted molar refractivity (Wildman–Crippen MR) is 64.0 cm³/mol. The van der Waals surface area contributed by atoms with E-state index in [0.717, 1.165) is 25.9 Å². The van der Waals surface area contributed by atoms with Crippen LogP contribution in [0.2, 0.25) is 0 Å². The van der Waals surface area contributed by atoms with Gasteiger partial charge in [0.05, 0.1) is 0 Å². The molecule has 0 aromatic rings. The number of nitrogens with zero attached hydrogens (tertiary/aromatic N) is 1. The van der Waals surface area contributed by atoms with Crippen LogP contribution in [0.4, 0.5) is 0 Å². The average Bonchev–Trinajstić information content (AvgIpc) is 2.28. The summed E-state index contributed by atoms with van der Waals surface area (Å²) in [6.45, 7) is 7.23. The summed E-state index contributed by atoms with van der Waals surface area (Å²) in [6.07, 6.45) is 2.16. The number of methoxy groups -OCH3 is 1. The third kappa shape index (κ3) is 2.95. The number of likely N-dealkylation sites (tertiary alicyclic amines) is 1. The number of hydrogen-bond acceptors (Lipinski definition) is 3. The molecule has 4 heteroatoms. The maximum absolute atomic E-state index is 12.2. The lowest BCUT2D eigenvalue weighted by atomic mass is 9.91. The van der Waals surface area contributed by atoms with Crippen LogP contribution >= 0.6 is 0 Å². The van der Waals surface area contributed by atoms with Crippen molar-refractivity contribution in [1.82, 2.24) is 4.90 Å². The zero-order valence-corrected chi connectivity index (χ0v) is 10.8. The molecule has 16 heavy (non-hydrogen) atoms. The topological polar surface area (TPSA) is 55.6 Å². The van der Waals surface area contributed by atoms with Crippen LogP contribution in [0.15, 0.2) is 0 Å². The number of carbonyl (C=O) groups is 1. The van der Waals surface area contributed by atoms with Gasteiger partial charge in [0.25, 0.3) is 5.91 Å². The molecule has 0 aromatic carbocycles. The molecule has 1 saturated heterocycles. The molecule has 0 aromatic heterocycles. The molecule has 4 nitrogen and oxygen atoms in total. The van der Waals surface area contributed by atoms with E-state index in [0.29, 0.717) is 5.92 Å². The summed E-state index contributed by atoms with van der Waals surface area (Å²) in [5, 5.41) is 0. The van der Waals surface area contributed by atoms with Gasteiger partial charge in [-0.25, -0.2) is 0 Å². The Morgan fingerprint density at radius 2 is 2.19 bits per heavy atom. The summed E-state index contributed by atoms with van der Waals surface area (Å²) in [5.74, 6) is 0.491. The molecule has 1 amide bonds. The molecule has 2 unspecified atom stereocenters. The van der Waals surface area contributed by atoms with E-state index in [-0.39, 0.29) is 11.9 Å². The van der Waals surface area contributed by atoms with Crippen molar-refractivity contribution in [2.24, 2.45) is 11.7 Å². The number of piperidine rings is 1. The Kier molecular flexibility index (Phi) is 4.33. The number of ether oxygens (including phenoxy) is 1. The normalized spacial score (nSPS) is 24.3. The van der Waals surface area contributed by atoms with E-state index < -0.39 is 5.60 Å². The van der Waals surface area contributed by atoms with Gasteiger partial charge >= 0.3 is 0 Å². The predicted octanol–water partition coefficient (Wildman–Crippen LogP) is 0.997. The Bertz CT molecular complexity index is 251. The minimum Gasteiger partial charge on any atom is -0.369 e. The van der Waals surface area contributed by atoms with Crippen LogP contribution in [-0.4, -0.2) is 42.6 Å². The van der Waals surface area contributed by atoms with Crippen molar-refractivity contribution >= 4 is 5.91 Å². The smallest absolute Gasteiger partial charge is 0.254 e. The maximum atomic E-state index is 12.2. The van der Waals surface area contributed by atoms with E-state index >= 15 is 0 Å². The van der Waals surface area contributed by atoms with Crippen LogP contribution in [0.1, 0.15) is 33.6 Å². The molecule has 1 aliphatic rings. The minimum atomic E-state index is -0.722. The Morgan fingerprint density at radius 1 is 1.56 bits per heavy atom. The van der Waals surface area contributed by atoms with E-state index in [9.17, 15) is 4.79 Å². The largest absolute Gasteiger partial charge is 0.369 e. The highest BCUT2D eigenvalue weighted by Gasteiger charge is 2.34. The number of hydrogen-bond donors (Lipinski definition) is 1. The fourth-order valence-electron chi connectivity index (χ4n) is 2.09. The second kappa shape index (κ2) is 5.15. The lowest BCUT2D eigenvalue weighted by molar-refractivity contribution is -0.153. The number of amides is 1. The molecule has 0 aliphatic carbocycles. The zero-order chi connectivity index (χ0) is 12.3. The molecular weight excluding hydrogens is 204 g/mol. The van der Waals surface area contributed by atoms with Gasteiger partial charge in [-0.3, -0.25) is 4.79 Å². The van der Waals surface area contributed by atoms with Crippen molar-refractivity contribution in [3.63, 3.8) is 0 Å². The Balaban J connectivity index is 2.64. The summed E-state index contributed by atoms with van der Waals surface area (Å²) >= 11 is 0. The maximum Gasteiger partial charge on any atom is 0.254 e. The Morgan fingerprint density at radius 3 is 2.69 bits per heavy atom. The second-order valence-corrected chi connectivity index (χ2v) is 5.23. The average molecular weight is 228 g/mol. The van der Waals surface area contributed by atoms with Crippen LogP contribution in [-0.2, 0) is 9.53 Å². The molecule has 1 heterocycles. The molecule has 1 rings (SSSR count). The molecule has 94 valence electrons. The van der Waals surface area contributed by atoms with Gasteiger partial charge in [0.1, 0.15) is 5.60 Å². The van der Waals surface area contributed by atoms with Crippen molar-refractivity contribution in [3.05, 3.63) is 0 Å². The van der Waals surface area contributed by atoms with Crippen molar-refractivity contribution in [2.45, 2.75) is 45.3 Å². The minimum absolute atomic E-state index is 0.0698. The quantitative estimate of drug-likeness (QED) is 0.784. The standard InChI is InChI=1S/C12H24N2O2/c1-9(13)10-6-5-7-14(8-10)11(15)12(2,3)16-4/h9-10H,5-8,13H2,1-4H3. The molecular formula is C12H24N2O2. The molecule has 0 spiro atoms. The Labute approximate surface area is 98.1 Å². The molecule has 0 bridgehead atoms. The van der Waals surface area contributed by atoms with Crippen LogP contribution < -0.4 is 5.73 Å². The third-order valence-corrected chi connectivity index (χ3v) is 3.51. The summed E-state index contributed by atoms with van der Waals surface area (Å²) in [5.41, 5.74) is 5.18. The summed E-state index contributed by atoms with van der Waals surface area (Å²) < 4.78 is 5.23. The zero-order valence-electron chi connectivity index (χ0n) is 10.8. The van der Waals surface area contributed by atoms with E-state index in [2.05, 4.69) is 0 Å². The first-order chi connectivity index (χ1) is 7.38. The van der Waals surface area contributed by atoms with Gasteiger partial charge < -0.3 is 15.4 Å². The molecule has 0 saturated carbocycles. The summed E-state index contributed by atoms with van der Waals surface area (Å²) in [6, 6.07) is 0.154. The van der Waals surface area contributed by atoms with E-state index in [1.54, 1.807) is 7.11 Å². The van der Waals surface area contributed by atoms with E-state index in [4.69, 9.17) is 10.5 Å². The Hall–Kier alpha value is -0.610. The monoisotopic (exact) mass is 228 g/mol. The highest BCUT2D eigenvalue weighted by atomic mass is 16.5. The van der Waals surface area contributed by atoms with Crippen LogP contribution in [0, 0.1) is 5.92 Å². The van der Waals surface area contributed by atoms with Gasteiger partial charge in [0.2, 0.25) is 0 Å². The molecule has 2 N–H and O–H groups in total. The van der Waals surface area contributed by atoms with Gasteiger partial charge in [0.15, 0.2) is 0 Å². The van der Waals surface area contributed by atoms with Crippen molar-refractivity contribution in [3.8, 4) is 0 Å². The molecule has 1 aliphatic heterocycles. The highest BCUT2D eigenvalue weighted by Crippen LogP contribution is 2.22. The fourth-order valence-corrected chi connectivity index (χ4v) is 2.09. The van der Waals surface area contributed by atoms with Crippen LogP contribution in [0.3, 0.4) is 0 Å². The highest BCUT2D eigenvalue weighted by molar-refractivity contribution is 5.84. The third-order valence-electron chi connectivity index (χ3n) is 3.51. The SMILES string of the molecule is COC(C)(C)C(=O)N1CCCC(C(C)N)C1. The van der Waals surface area contributed by atoms with Crippen molar-refractivity contribution < 1.29 is 9.53 Å². The van der Waals surface area contributed by atoms with Crippen LogP contribution in [0.25, 0.3) is 0 Å². The van der Waals surface area contributed by atoms with Gasteiger partial charge in [-0.15, -0.1) is 0 Å². The van der Waals surface area contributed by atoms with E-state index in [1.807, 2.05) is 25.7 Å². The van der Waals surface area contributed by atoms with Gasteiger partial charge in [-0.1, -0.05) is 0 Å². The molecule has 1 fully saturated rings. The summed E-state index contributed by atoms with van der Waals surface area (Å²) in [4.78, 5) is 14.1. The molecule has 2 atom stereocenters. The van der Waals surface area contributed by atoms with Gasteiger partial charge in [0, 0.05) is 26.2 Å². The second-order valence-electron chi connectivity index (χ2n) is 5.23. The fraction of sp³-hybridized carbons (Fsp3) is 0.917. The van der Waals surface area contributed by atoms with Gasteiger partial charge in [-0.2, -0.15) is 0 Å². The van der Waals surface area contributed by atoms with Gasteiger partial charge in [-0.05, 0) is 39.5 Å². The van der Waals surface area contributed by atoms with Crippen molar-refractivity contribution in [2.75, 3.05) is 20.2 Å². The number of rotatable bonds is 3. The first-order valence-electron chi connectivity index (χ1n) is 5.98. The summed E-state index contributed by atoms with van der Waals surface area (Å²) in [7, 11) is 1.57. The lowest BCUT2D eigenvalue weighted by Gasteiger charge is -2.38. The first-order valence-corrected chi connectivity index (χ1v) is 5.98. The molecule has 0 radical (unpaired) electrons. The number of nitrogens with two attached hydrogens (primary N) is 1.